The summed E-state index contributed by atoms with van der Waals surface area (Å²) in [5, 5.41) is 6.39. The van der Waals surface area contributed by atoms with E-state index in [0.29, 0.717) is 25.5 Å². The van der Waals surface area contributed by atoms with Gasteiger partial charge < -0.3 is 15.4 Å². The lowest BCUT2D eigenvalue weighted by atomic mass is 9.89. The van der Waals surface area contributed by atoms with Gasteiger partial charge in [0, 0.05) is 20.2 Å². The van der Waals surface area contributed by atoms with Crippen LogP contribution in [0.25, 0.3) is 0 Å². The van der Waals surface area contributed by atoms with Gasteiger partial charge >= 0.3 is 0 Å². The average Bonchev–Trinajstić information content (AvgIpc) is 2.58. The first-order valence-corrected chi connectivity index (χ1v) is 11.3. The molecule has 6 nitrogen and oxygen atoms in total. The van der Waals surface area contributed by atoms with Gasteiger partial charge in [0.1, 0.15) is 0 Å². The molecule has 1 atom stereocenters. The maximum absolute atomic E-state index is 12.2. The summed E-state index contributed by atoms with van der Waals surface area (Å²) in [6.45, 7) is 10.2. The van der Waals surface area contributed by atoms with Crippen molar-refractivity contribution in [3.63, 3.8) is 0 Å². The zero-order chi connectivity index (χ0) is 20.3. The minimum absolute atomic E-state index is 0. The molecular weight excluding hydrogens is 489 g/mol. The number of nitrogens with zero attached hydrogens (tertiary/aromatic N) is 1. The fraction of sp³-hybridized carbons (Fsp3) is 0.650. The smallest absolute Gasteiger partial charge is 0.191 e. The zero-order valence-corrected chi connectivity index (χ0v) is 20.8. The van der Waals surface area contributed by atoms with Gasteiger partial charge in [-0.2, -0.15) is 0 Å². The molecule has 0 saturated heterocycles. The van der Waals surface area contributed by atoms with Crippen molar-refractivity contribution in [3.05, 3.63) is 35.9 Å². The highest BCUT2D eigenvalue weighted by molar-refractivity contribution is 14.0. The number of methoxy groups -OCH3 is 1. The van der Waals surface area contributed by atoms with E-state index in [1.165, 1.54) is 0 Å². The second kappa shape index (κ2) is 13.4. The van der Waals surface area contributed by atoms with Crippen LogP contribution in [0.15, 0.2) is 35.3 Å². The topological polar surface area (TPSA) is 79.8 Å². The minimum Gasteiger partial charge on any atom is -0.379 e. The van der Waals surface area contributed by atoms with Crippen molar-refractivity contribution in [3.8, 4) is 0 Å². The summed E-state index contributed by atoms with van der Waals surface area (Å²) in [7, 11) is -1.42. The lowest BCUT2D eigenvalue weighted by molar-refractivity contribution is 0.0241. The lowest BCUT2D eigenvalue weighted by Gasteiger charge is -2.28. The summed E-state index contributed by atoms with van der Waals surface area (Å²) in [5.74, 6) is 0.921. The normalized spacial score (nSPS) is 13.5. The fourth-order valence-corrected chi connectivity index (χ4v) is 4.05. The molecule has 0 spiro atoms. The number of ether oxygens (including phenoxy) is 1. The summed E-state index contributed by atoms with van der Waals surface area (Å²) in [5.41, 5.74) is 0.828. The summed E-state index contributed by atoms with van der Waals surface area (Å²) < 4.78 is 30.0. The van der Waals surface area contributed by atoms with E-state index in [4.69, 9.17) is 4.74 Å². The number of benzene rings is 1. The molecule has 28 heavy (non-hydrogen) atoms. The van der Waals surface area contributed by atoms with Crippen LogP contribution in [0.3, 0.4) is 0 Å². The molecule has 0 saturated carbocycles. The molecule has 1 unspecified atom stereocenters. The Bertz CT molecular complexity index is 674. The maximum Gasteiger partial charge on any atom is 0.191 e. The molecule has 0 aliphatic rings. The molecule has 0 heterocycles. The van der Waals surface area contributed by atoms with Gasteiger partial charge in [-0.05, 0) is 24.3 Å². The Morgan fingerprint density at radius 2 is 1.82 bits per heavy atom. The van der Waals surface area contributed by atoms with Crippen molar-refractivity contribution in [2.45, 2.75) is 46.0 Å². The molecule has 0 bridgehead atoms. The van der Waals surface area contributed by atoms with Crippen LogP contribution < -0.4 is 10.6 Å². The van der Waals surface area contributed by atoms with Crippen molar-refractivity contribution in [1.82, 2.24) is 10.6 Å². The summed E-state index contributed by atoms with van der Waals surface area (Å²) in [4.78, 5) is 4.57. The highest BCUT2D eigenvalue weighted by Gasteiger charge is 2.24. The van der Waals surface area contributed by atoms with Crippen molar-refractivity contribution < 1.29 is 13.2 Å². The van der Waals surface area contributed by atoms with Crippen LogP contribution in [0.4, 0.5) is 0 Å². The minimum atomic E-state index is -3.11. The third-order valence-electron chi connectivity index (χ3n) is 4.16. The van der Waals surface area contributed by atoms with E-state index in [9.17, 15) is 8.42 Å². The standard InChI is InChI=1S/C20H35N3O3S.HI/c1-6-21-19(23-15-18(26-5)20(2,3)4)22-13-10-14-27(24,25)16-17-11-8-7-9-12-17;/h7-9,11-12,18H,6,10,13-16H2,1-5H3,(H2,21,22,23);1H. The number of halogens is 1. The first-order valence-electron chi connectivity index (χ1n) is 9.47. The van der Waals surface area contributed by atoms with Gasteiger partial charge in [0.05, 0.1) is 24.2 Å². The van der Waals surface area contributed by atoms with E-state index >= 15 is 0 Å². The first kappa shape index (κ1) is 27.1. The van der Waals surface area contributed by atoms with Crippen LogP contribution in [0, 0.1) is 5.41 Å². The fourth-order valence-electron chi connectivity index (χ4n) is 2.62. The molecule has 8 heteroatoms. The summed E-state index contributed by atoms with van der Waals surface area (Å²) in [6.07, 6.45) is 0.547. The Morgan fingerprint density at radius 3 is 2.36 bits per heavy atom. The Balaban J connectivity index is 0.00000729. The second-order valence-electron chi connectivity index (χ2n) is 7.67. The molecule has 0 aromatic heterocycles. The van der Waals surface area contributed by atoms with E-state index in [1.807, 2.05) is 37.3 Å². The van der Waals surface area contributed by atoms with Gasteiger partial charge in [-0.15, -0.1) is 24.0 Å². The van der Waals surface area contributed by atoms with Crippen LogP contribution in [0.5, 0.6) is 0 Å². The molecule has 162 valence electrons. The summed E-state index contributed by atoms with van der Waals surface area (Å²) >= 11 is 0. The van der Waals surface area contributed by atoms with Crippen molar-refractivity contribution in [2.24, 2.45) is 10.4 Å². The Labute approximate surface area is 187 Å². The van der Waals surface area contributed by atoms with Gasteiger partial charge in [-0.3, -0.25) is 4.99 Å². The summed E-state index contributed by atoms with van der Waals surface area (Å²) in [6, 6.07) is 9.28. The Kier molecular flexibility index (Phi) is 13.0. The predicted octanol–water partition coefficient (Wildman–Crippen LogP) is 3.23. The van der Waals surface area contributed by atoms with E-state index < -0.39 is 9.84 Å². The molecule has 0 amide bonds. The number of aliphatic imine (C=N–C) groups is 1. The molecule has 1 aromatic carbocycles. The van der Waals surface area contributed by atoms with Crippen LogP contribution in [-0.4, -0.2) is 53.0 Å². The molecule has 0 aliphatic carbocycles. The third kappa shape index (κ3) is 11.2. The largest absolute Gasteiger partial charge is 0.379 e. The molecule has 0 radical (unpaired) electrons. The molecule has 0 fully saturated rings. The Hall–Kier alpha value is -0.870. The van der Waals surface area contributed by atoms with E-state index in [2.05, 4.69) is 36.4 Å². The maximum atomic E-state index is 12.2. The number of guanidine groups is 1. The van der Waals surface area contributed by atoms with Crippen LogP contribution in [-0.2, 0) is 20.3 Å². The molecule has 1 aromatic rings. The predicted molar refractivity (Wildman–Crippen MR) is 128 cm³/mol. The number of nitrogens with one attached hydrogen (secondary N) is 2. The van der Waals surface area contributed by atoms with Gasteiger partial charge in [0.25, 0.3) is 0 Å². The molecular formula is C20H36IN3O3S. The molecule has 1 rings (SSSR count). The van der Waals surface area contributed by atoms with Gasteiger partial charge in [0.2, 0.25) is 0 Å². The quantitative estimate of drug-likeness (QED) is 0.212. The highest BCUT2D eigenvalue weighted by atomic mass is 127. The van der Waals surface area contributed by atoms with Gasteiger partial charge in [0.15, 0.2) is 15.8 Å². The van der Waals surface area contributed by atoms with E-state index in [-0.39, 0.29) is 47.0 Å². The second-order valence-corrected chi connectivity index (χ2v) is 9.85. The monoisotopic (exact) mass is 525 g/mol. The van der Waals surface area contributed by atoms with E-state index in [1.54, 1.807) is 7.11 Å². The number of hydrogen-bond acceptors (Lipinski definition) is 4. The number of hydrogen-bond donors (Lipinski definition) is 2. The highest BCUT2D eigenvalue weighted by Crippen LogP contribution is 2.21. The van der Waals surface area contributed by atoms with Crippen LogP contribution in [0.2, 0.25) is 0 Å². The van der Waals surface area contributed by atoms with Gasteiger partial charge in [-0.1, -0.05) is 51.1 Å². The number of rotatable bonds is 10. The van der Waals surface area contributed by atoms with Crippen LogP contribution in [0.1, 0.15) is 39.7 Å². The average molecular weight is 525 g/mol. The van der Waals surface area contributed by atoms with Crippen molar-refractivity contribution >= 4 is 39.8 Å². The SMILES string of the molecule is CCNC(=NCC(OC)C(C)(C)C)NCCCS(=O)(=O)Cc1ccccc1.I. The first-order chi connectivity index (χ1) is 12.7. The Morgan fingerprint density at radius 1 is 1.18 bits per heavy atom. The van der Waals surface area contributed by atoms with Crippen molar-refractivity contribution in [1.29, 1.82) is 0 Å². The third-order valence-corrected chi connectivity index (χ3v) is 5.85. The van der Waals surface area contributed by atoms with E-state index in [0.717, 1.165) is 12.1 Å². The van der Waals surface area contributed by atoms with Crippen LogP contribution >= 0.6 is 24.0 Å². The zero-order valence-electron chi connectivity index (χ0n) is 17.7. The van der Waals surface area contributed by atoms with Crippen molar-refractivity contribution in [2.75, 3.05) is 32.5 Å². The number of sulfone groups is 1. The lowest BCUT2D eigenvalue weighted by Crippen LogP contribution is -2.40. The molecule has 2 N–H and O–H groups in total. The van der Waals surface area contributed by atoms with Gasteiger partial charge in [-0.25, -0.2) is 8.42 Å². The molecule has 0 aliphatic heterocycles.